The van der Waals surface area contributed by atoms with Crippen molar-refractivity contribution in [3.8, 4) is 5.75 Å². The van der Waals surface area contributed by atoms with Crippen LogP contribution in [0.2, 0.25) is 5.02 Å². The smallest absolute Gasteiger partial charge is 0.310 e. The topological polar surface area (TPSA) is 49.8 Å². The molecule has 5 heteroatoms. The Balaban J connectivity index is 1.84. The van der Waals surface area contributed by atoms with Crippen LogP contribution < -0.4 is 4.74 Å². The lowest BCUT2D eigenvalue weighted by Gasteiger charge is -2.39. The molecule has 1 aliphatic rings. The summed E-state index contributed by atoms with van der Waals surface area (Å²) in [4.78, 5) is 13.7. The summed E-state index contributed by atoms with van der Waals surface area (Å²) in [6, 6.07) is 7.31. The number of aliphatic carboxylic acids is 1. The average molecular weight is 312 g/mol. The molecule has 1 aromatic rings. The van der Waals surface area contributed by atoms with E-state index in [0.29, 0.717) is 24.6 Å². The van der Waals surface area contributed by atoms with Gasteiger partial charge in [-0.15, -0.1) is 0 Å². The number of ether oxygens (including phenoxy) is 1. The van der Waals surface area contributed by atoms with Crippen molar-refractivity contribution in [3.05, 3.63) is 29.3 Å². The fourth-order valence-corrected chi connectivity index (χ4v) is 3.06. The number of piperidine rings is 1. The van der Waals surface area contributed by atoms with Crippen LogP contribution in [0.3, 0.4) is 0 Å². The first kappa shape index (κ1) is 16.1. The van der Waals surface area contributed by atoms with Crippen LogP contribution in [0.4, 0.5) is 0 Å². The third-order valence-corrected chi connectivity index (χ3v) is 4.49. The molecule has 1 N–H and O–H groups in total. The number of carboxylic acids is 1. The Kier molecular flexibility index (Phi) is 5.48. The van der Waals surface area contributed by atoms with Crippen LogP contribution in [0, 0.1) is 5.41 Å². The van der Waals surface area contributed by atoms with Crippen molar-refractivity contribution in [1.82, 2.24) is 4.90 Å². The first-order chi connectivity index (χ1) is 10.1. The minimum atomic E-state index is -0.676. The molecule has 1 atom stereocenters. The summed E-state index contributed by atoms with van der Waals surface area (Å²) in [6.07, 6.45) is 2.37. The van der Waals surface area contributed by atoms with Gasteiger partial charge in [-0.3, -0.25) is 9.69 Å². The minimum Gasteiger partial charge on any atom is -0.492 e. The van der Waals surface area contributed by atoms with Gasteiger partial charge in [-0.2, -0.15) is 0 Å². The molecule has 1 aliphatic heterocycles. The van der Waals surface area contributed by atoms with E-state index in [1.54, 1.807) is 6.07 Å². The lowest BCUT2D eigenvalue weighted by molar-refractivity contribution is -0.153. The second-order valence-electron chi connectivity index (χ2n) is 5.62. The molecular formula is C16H22ClNO3. The van der Waals surface area contributed by atoms with E-state index in [-0.39, 0.29) is 0 Å². The van der Waals surface area contributed by atoms with Gasteiger partial charge in [0.2, 0.25) is 0 Å². The van der Waals surface area contributed by atoms with E-state index in [2.05, 4.69) is 4.90 Å². The summed E-state index contributed by atoms with van der Waals surface area (Å²) in [6.45, 7) is 4.78. The van der Waals surface area contributed by atoms with E-state index in [1.165, 1.54) is 0 Å². The maximum Gasteiger partial charge on any atom is 0.310 e. The van der Waals surface area contributed by atoms with E-state index in [0.717, 1.165) is 31.7 Å². The SMILES string of the molecule is CCC1(C(=O)O)CCCN(CCOc2cccc(Cl)c2)C1. The largest absolute Gasteiger partial charge is 0.492 e. The number of likely N-dealkylation sites (tertiary alicyclic amines) is 1. The van der Waals surface area contributed by atoms with Gasteiger partial charge in [0.1, 0.15) is 12.4 Å². The van der Waals surface area contributed by atoms with Crippen LogP contribution in [-0.2, 0) is 4.79 Å². The Morgan fingerprint density at radius 3 is 3.00 bits per heavy atom. The highest BCUT2D eigenvalue weighted by Gasteiger charge is 2.40. The number of benzene rings is 1. The second-order valence-corrected chi connectivity index (χ2v) is 6.06. The van der Waals surface area contributed by atoms with Crippen molar-refractivity contribution in [2.45, 2.75) is 26.2 Å². The molecule has 2 rings (SSSR count). The maximum atomic E-state index is 11.5. The van der Waals surface area contributed by atoms with E-state index in [4.69, 9.17) is 16.3 Å². The van der Waals surface area contributed by atoms with E-state index in [1.807, 2.05) is 25.1 Å². The summed E-state index contributed by atoms with van der Waals surface area (Å²) in [5, 5.41) is 10.1. The molecule has 21 heavy (non-hydrogen) atoms. The number of hydrogen-bond donors (Lipinski definition) is 1. The summed E-state index contributed by atoms with van der Waals surface area (Å²) in [5.41, 5.74) is -0.589. The molecule has 1 unspecified atom stereocenters. The predicted molar refractivity (Wildman–Crippen MR) is 83.0 cm³/mol. The molecule has 0 spiro atoms. The quantitative estimate of drug-likeness (QED) is 0.876. The van der Waals surface area contributed by atoms with Crippen molar-refractivity contribution >= 4 is 17.6 Å². The summed E-state index contributed by atoms with van der Waals surface area (Å²) >= 11 is 5.91. The molecule has 0 saturated carbocycles. The summed E-state index contributed by atoms with van der Waals surface area (Å²) in [7, 11) is 0. The van der Waals surface area contributed by atoms with Crippen LogP contribution >= 0.6 is 11.6 Å². The van der Waals surface area contributed by atoms with Gasteiger partial charge in [-0.25, -0.2) is 0 Å². The predicted octanol–water partition coefficient (Wildman–Crippen LogP) is 3.30. The highest BCUT2D eigenvalue weighted by molar-refractivity contribution is 6.30. The number of carboxylic acid groups (broad SMARTS) is 1. The zero-order valence-corrected chi connectivity index (χ0v) is 13.1. The molecule has 1 aromatic carbocycles. The van der Waals surface area contributed by atoms with Gasteiger partial charge in [-0.05, 0) is 44.0 Å². The highest BCUT2D eigenvalue weighted by atomic mass is 35.5. The van der Waals surface area contributed by atoms with Crippen molar-refractivity contribution in [1.29, 1.82) is 0 Å². The van der Waals surface area contributed by atoms with Crippen molar-refractivity contribution < 1.29 is 14.6 Å². The Hall–Kier alpha value is -1.26. The molecule has 4 nitrogen and oxygen atoms in total. The van der Waals surface area contributed by atoms with Gasteiger partial charge in [-0.1, -0.05) is 24.6 Å². The molecule has 1 heterocycles. The minimum absolute atomic E-state index is 0.541. The zero-order valence-electron chi connectivity index (χ0n) is 12.3. The molecule has 0 bridgehead atoms. The molecule has 1 saturated heterocycles. The summed E-state index contributed by atoms with van der Waals surface area (Å²) in [5.74, 6) is 0.0740. The summed E-state index contributed by atoms with van der Waals surface area (Å²) < 4.78 is 5.68. The molecule has 0 amide bonds. The first-order valence-electron chi connectivity index (χ1n) is 7.40. The van der Waals surface area contributed by atoms with Crippen LogP contribution in [-0.4, -0.2) is 42.2 Å². The Bertz CT molecular complexity index is 494. The Morgan fingerprint density at radius 1 is 1.52 bits per heavy atom. The third-order valence-electron chi connectivity index (χ3n) is 4.26. The number of nitrogens with zero attached hydrogens (tertiary/aromatic N) is 1. The van der Waals surface area contributed by atoms with Crippen molar-refractivity contribution in [2.75, 3.05) is 26.2 Å². The van der Waals surface area contributed by atoms with E-state index >= 15 is 0 Å². The monoisotopic (exact) mass is 311 g/mol. The van der Waals surface area contributed by atoms with Gasteiger partial charge in [0.25, 0.3) is 0 Å². The molecule has 0 aliphatic carbocycles. The van der Waals surface area contributed by atoms with Gasteiger partial charge in [0.05, 0.1) is 5.41 Å². The molecule has 0 radical (unpaired) electrons. The highest BCUT2D eigenvalue weighted by Crippen LogP contribution is 2.33. The van der Waals surface area contributed by atoms with Gasteiger partial charge >= 0.3 is 5.97 Å². The van der Waals surface area contributed by atoms with Crippen molar-refractivity contribution in [3.63, 3.8) is 0 Å². The van der Waals surface area contributed by atoms with E-state index < -0.39 is 11.4 Å². The average Bonchev–Trinajstić information content (AvgIpc) is 2.47. The fourth-order valence-electron chi connectivity index (χ4n) is 2.88. The maximum absolute atomic E-state index is 11.5. The van der Waals surface area contributed by atoms with Gasteiger partial charge in [0.15, 0.2) is 0 Å². The van der Waals surface area contributed by atoms with Crippen LogP contribution in [0.15, 0.2) is 24.3 Å². The van der Waals surface area contributed by atoms with Crippen LogP contribution in [0.25, 0.3) is 0 Å². The fraction of sp³-hybridized carbons (Fsp3) is 0.562. The van der Waals surface area contributed by atoms with Crippen LogP contribution in [0.5, 0.6) is 5.75 Å². The number of carbonyl (C=O) groups is 1. The van der Waals surface area contributed by atoms with Crippen molar-refractivity contribution in [2.24, 2.45) is 5.41 Å². The third kappa shape index (κ3) is 4.11. The molecule has 116 valence electrons. The van der Waals surface area contributed by atoms with E-state index in [9.17, 15) is 9.90 Å². The molecule has 1 fully saturated rings. The normalized spacial score (nSPS) is 23.0. The molecule has 0 aromatic heterocycles. The Labute approximate surface area is 130 Å². The zero-order chi connectivity index (χ0) is 15.3. The van der Waals surface area contributed by atoms with Crippen LogP contribution in [0.1, 0.15) is 26.2 Å². The lowest BCUT2D eigenvalue weighted by Crippen LogP contribution is -2.48. The molecular weight excluding hydrogens is 290 g/mol. The Morgan fingerprint density at radius 2 is 2.33 bits per heavy atom. The standard InChI is InChI=1S/C16H22ClNO3/c1-2-16(15(19)20)7-4-8-18(12-16)9-10-21-14-6-3-5-13(17)11-14/h3,5-6,11H,2,4,7-10,12H2,1H3,(H,19,20). The number of rotatable bonds is 6. The number of hydrogen-bond acceptors (Lipinski definition) is 3. The lowest BCUT2D eigenvalue weighted by atomic mass is 9.78. The van der Waals surface area contributed by atoms with Gasteiger partial charge in [0, 0.05) is 18.1 Å². The second kappa shape index (κ2) is 7.14. The number of halogens is 1. The van der Waals surface area contributed by atoms with Gasteiger partial charge < -0.3 is 9.84 Å². The first-order valence-corrected chi connectivity index (χ1v) is 7.78.